The van der Waals surface area contributed by atoms with Crippen LogP contribution < -0.4 is 22.5 Å². The van der Waals surface area contributed by atoms with Crippen LogP contribution in [0.4, 0.5) is 10.6 Å². The predicted molar refractivity (Wildman–Crippen MR) is 154 cm³/mol. The van der Waals surface area contributed by atoms with Crippen LogP contribution in [0.5, 0.6) is 0 Å². The highest BCUT2D eigenvalue weighted by molar-refractivity contribution is 5.88. The number of nitrogens with zero attached hydrogens (tertiary/aromatic N) is 5. The second kappa shape index (κ2) is 13.4. The Kier molecular flexibility index (Phi) is 10.5. The van der Waals surface area contributed by atoms with Crippen molar-refractivity contribution in [3.05, 3.63) is 52.6 Å². The molecule has 1 aromatic carbocycles. The first-order valence-electron chi connectivity index (χ1n) is 13.4. The van der Waals surface area contributed by atoms with Gasteiger partial charge < -0.3 is 26.2 Å². The van der Waals surface area contributed by atoms with Crippen molar-refractivity contribution < 1.29 is 9.59 Å². The molecule has 0 spiro atoms. The Bertz CT molecular complexity index is 1160. The number of likely N-dealkylation sites (tertiary alicyclic amines) is 1. The number of aromatic nitrogens is 2. The average molecular weight is 561 g/mol. The topological polar surface area (TPSA) is 143 Å². The Morgan fingerprint density at radius 3 is 2.21 bits per heavy atom. The maximum atomic E-state index is 12.7. The fourth-order valence-corrected chi connectivity index (χ4v) is 4.81. The van der Waals surface area contributed by atoms with Crippen LogP contribution in [0.15, 0.2) is 41.3 Å². The monoisotopic (exact) mass is 560 g/mol. The molecule has 0 atom stereocenters. The van der Waals surface area contributed by atoms with Gasteiger partial charge in [0.15, 0.2) is 0 Å². The van der Waals surface area contributed by atoms with Crippen LogP contribution in [0.1, 0.15) is 38.7 Å². The molecular weight excluding hydrogens is 520 g/mol. The van der Waals surface area contributed by atoms with Gasteiger partial charge in [-0.3, -0.25) is 14.7 Å². The first-order valence-corrected chi connectivity index (χ1v) is 13.4. The van der Waals surface area contributed by atoms with Crippen molar-refractivity contribution in [2.45, 2.75) is 51.1 Å². The second-order valence-corrected chi connectivity index (χ2v) is 11.0. The number of hydrogen-bond acceptors (Lipinski definition) is 7. The largest absolute Gasteiger partial charge is 0.354 e. The van der Waals surface area contributed by atoms with E-state index in [1.165, 1.54) is 10.1 Å². The van der Waals surface area contributed by atoms with Gasteiger partial charge in [0.25, 0.3) is 0 Å². The summed E-state index contributed by atoms with van der Waals surface area (Å²) in [6.07, 6.45) is 4.92. The van der Waals surface area contributed by atoms with E-state index in [1.807, 2.05) is 38.1 Å². The van der Waals surface area contributed by atoms with Crippen molar-refractivity contribution in [1.29, 1.82) is 0 Å². The molecule has 0 bridgehead atoms. The third-order valence-corrected chi connectivity index (χ3v) is 7.13. The number of urea groups is 1. The van der Waals surface area contributed by atoms with Crippen molar-refractivity contribution in [3.8, 4) is 5.69 Å². The molecule has 2 aliphatic rings. The van der Waals surface area contributed by atoms with Crippen LogP contribution >= 0.6 is 12.4 Å². The molecule has 2 fully saturated rings. The first-order chi connectivity index (χ1) is 18.1. The SMILES string of the molecule is CC(C)(N)CC(=O)N1CCN(C(=O)Nc2ccn(-c3ccc(CCN4CCC(N)CC4)cc3)c(=O)n2)CC1.Cl. The summed E-state index contributed by atoms with van der Waals surface area (Å²) in [7, 11) is 0. The van der Waals surface area contributed by atoms with E-state index in [0.717, 1.165) is 44.6 Å². The maximum absolute atomic E-state index is 12.7. The van der Waals surface area contributed by atoms with E-state index in [4.69, 9.17) is 11.5 Å². The Balaban J connectivity index is 0.00000420. The Labute approximate surface area is 235 Å². The minimum Gasteiger partial charge on any atom is -0.339 e. The quantitative estimate of drug-likeness (QED) is 0.465. The number of amides is 3. The van der Waals surface area contributed by atoms with Gasteiger partial charge >= 0.3 is 11.7 Å². The molecule has 3 heterocycles. The molecule has 2 aliphatic heterocycles. The molecule has 12 heteroatoms. The molecule has 0 aliphatic carbocycles. The summed E-state index contributed by atoms with van der Waals surface area (Å²) < 4.78 is 1.45. The standard InChI is InChI=1S/C27H40N8O3.ClH/c1-27(2,29)19-24(36)33-15-17-34(18-16-33)25(37)30-23-10-14-35(26(38)31-23)22-5-3-20(4-6-22)7-11-32-12-8-21(28)9-13-32;/h3-6,10,14,21H,7-9,11-13,15-19,28-29H2,1-2H3,(H,30,31,37,38);1H. The summed E-state index contributed by atoms with van der Waals surface area (Å²) in [4.78, 5) is 47.6. The van der Waals surface area contributed by atoms with Crippen molar-refractivity contribution in [2.24, 2.45) is 11.5 Å². The van der Waals surface area contributed by atoms with Crippen molar-refractivity contribution in [2.75, 3.05) is 51.1 Å². The zero-order valence-electron chi connectivity index (χ0n) is 22.8. The van der Waals surface area contributed by atoms with E-state index in [2.05, 4.69) is 15.2 Å². The number of carbonyl (C=O) groups is 2. The lowest BCUT2D eigenvalue weighted by molar-refractivity contribution is -0.133. The molecule has 2 saturated heterocycles. The van der Waals surface area contributed by atoms with Crippen molar-refractivity contribution >= 4 is 30.2 Å². The van der Waals surface area contributed by atoms with E-state index in [9.17, 15) is 14.4 Å². The molecule has 2 aromatic rings. The number of benzene rings is 1. The zero-order chi connectivity index (χ0) is 27.3. The normalized spacial score (nSPS) is 17.0. The number of anilines is 1. The lowest BCUT2D eigenvalue weighted by Crippen LogP contribution is -2.53. The van der Waals surface area contributed by atoms with Crippen LogP contribution in [0.3, 0.4) is 0 Å². The number of piperazine rings is 1. The van der Waals surface area contributed by atoms with E-state index in [0.29, 0.717) is 32.2 Å². The number of rotatable bonds is 7. The summed E-state index contributed by atoms with van der Waals surface area (Å²) in [5.74, 6) is 0.181. The summed E-state index contributed by atoms with van der Waals surface area (Å²) in [6.45, 7) is 8.42. The van der Waals surface area contributed by atoms with Gasteiger partial charge in [-0.25, -0.2) is 9.59 Å². The van der Waals surface area contributed by atoms with Gasteiger partial charge in [-0.1, -0.05) is 12.1 Å². The predicted octanol–water partition coefficient (Wildman–Crippen LogP) is 1.42. The van der Waals surface area contributed by atoms with Crippen LogP contribution in [0, 0.1) is 0 Å². The Morgan fingerprint density at radius 2 is 1.62 bits per heavy atom. The fraction of sp³-hybridized carbons (Fsp3) is 0.556. The maximum Gasteiger partial charge on any atom is 0.354 e. The van der Waals surface area contributed by atoms with Gasteiger partial charge in [0.2, 0.25) is 5.91 Å². The molecule has 39 heavy (non-hydrogen) atoms. The van der Waals surface area contributed by atoms with Gasteiger partial charge in [-0.05, 0) is 70.0 Å². The Morgan fingerprint density at radius 1 is 1.00 bits per heavy atom. The van der Waals surface area contributed by atoms with Crippen LogP contribution in [0.25, 0.3) is 5.69 Å². The van der Waals surface area contributed by atoms with Crippen LogP contribution in [0.2, 0.25) is 0 Å². The third kappa shape index (κ3) is 8.76. The molecule has 0 radical (unpaired) electrons. The molecule has 4 rings (SSSR count). The third-order valence-electron chi connectivity index (χ3n) is 7.13. The highest BCUT2D eigenvalue weighted by Gasteiger charge is 2.27. The lowest BCUT2D eigenvalue weighted by atomic mass is 10.0. The summed E-state index contributed by atoms with van der Waals surface area (Å²) >= 11 is 0. The summed E-state index contributed by atoms with van der Waals surface area (Å²) in [5.41, 5.74) is 12.8. The zero-order valence-corrected chi connectivity index (χ0v) is 23.7. The second-order valence-electron chi connectivity index (χ2n) is 11.0. The smallest absolute Gasteiger partial charge is 0.339 e. The lowest BCUT2D eigenvalue weighted by Gasteiger charge is -2.35. The average Bonchev–Trinajstić information content (AvgIpc) is 2.88. The number of nitrogens with two attached hydrogens (primary N) is 2. The number of halogens is 1. The Hall–Kier alpha value is -2.99. The van der Waals surface area contributed by atoms with Gasteiger partial charge in [0.05, 0.1) is 5.69 Å². The number of hydrogen-bond donors (Lipinski definition) is 3. The molecule has 11 nitrogen and oxygen atoms in total. The van der Waals surface area contributed by atoms with E-state index < -0.39 is 11.2 Å². The molecule has 3 amide bonds. The van der Waals surface area contributed by atoms with Gasteiger partial charge in [-0.15, -0.1) is 12.4 Å². The molecule has 0 unspecified atom stereocenters. The minimum atomic E-state index is -0.568. The van der Waals surface area contributed by atoms with E-state index in [-0.39, 0.29) is 36.6 Å². The van der Waals surface area contributed by atoms with Crippen LogP contribution in [-0.4, -0.2) is 93.6 Å². The van der Waals surface area contributed by atoms with Gasteiger partial charge in [-0.2, -0.15) is 4.98 Å². The highest BCUT2D eigenvalue weighted by atomic mass is 35.5. The highest BCUT2D eigenvalue weighted by Crippen LogP contribution is 2.14. The summed E-state index contributed by atoms with van der Waals surface area (Å²) in [5, 5.41) is 2.70. The molecule has 0 saturated carbocycles. The van der Waals surface area contributed by atoms with Gasteiger partial charge in [0.1, 0.15) is 5.82 Å². The number of nitrogens with one attached hydrogen (secondary N) is 1. The van der Waals surface area contributed by atoms with Gasteiger partial charge in [0, 0.05) is 56.9 Å². The molecular formula is C27H41ClN8O3. The molecule has 1 aromatic heterocycles. The molecule has 5 N–H and O–H groups in total. The van der Waals surface area contributed by atoms with Crippen molar-refractivity contribution in [1.82, 2.24) is 24.3 Å². The van der Waals surface area contributed by atoms with E-state index >= 15 is 0 Å². The molecule has 214 valence electrons. The first kappa shape index (κ1) is 30.6. The van der Waals surface area contributed by atoms with Crippen molar-refractivity contribution in [3.63, 3.8) is 0 Å². The summed E-state index contributed by atoms with van der Waals surface area (Å²) in [6, 6.07) is 9.49. The van der Waals surface area contributed by atoms with Crippen LogP contribution in [-0.2, 0) is 11.2 Å². The number of carbonyl (C=O) groups excluding carboxylic acids is 2. The number of piperidine rings is 1. The fourth-order valence-electron chi connectivity index (χ4n) is 4.81. The van der Waals surface area contributed by atoms with E-state index in [1.54, 1.807) is 22.1 Å². The minimum absolute atomic E-state index is 0.